The maximum atomic E-state index is 12.1. The van der Waals surface area contributed by atoms with Gasteiger partial charge >= 0.3 is 6.09 Å². The number of hydrogen-bond donors (Lipinski definition) is 1. The molecule has 1 amide bonds. The lowest BCUT2D eigenvalue weighted by molar-refractivity contribution is 0.193. The summed E-state index contributed by atoms with van der Waals surface area (Å²) in [6.45, 7) is 1.97. The maximum absolute atomic E-state index is 12.1. The third kappa shape index (κ3) is 2.82. The average Bonchev–Trinajstić information content (AvgIpc) is 3.13. The number of furan rings is 1. The van der Waals surface area contributed by atoms with Crippen molar-refractivity contribution in [2.24, 2.45) is 7.05 Å². The van der Waals surface area contributed by atoms with Gasteiger partial charge in [-0.3, -0.25) is 0 Å². The summed E-state index contributed by atoms with van der Waals surface area (Å²) in [5, 5.41) is 2.93. The van der Waals surface area contributed by atoms with E-state index in [2.05, 4.69) is 5.32 Å². The van der Waals surface area contributed by atoms with E-state index in [1.807, 2.05) is 32.3 Å². The molecular weight excluding hydrogens is 268 g/mol. The first-order valence-electron chi connectivity index (χ1n) is 7.33. The molecule has 2 heterocycles. The highest BCUT2D eigenvalue weighted by molar-refractivity contribution is 5.76. The lowest BCUT2D eigenvalue weighted by Crippen LogP contribution is -2.35. The van der Waals surface area contributed by atoms with Crippen LogP contribution in [0.5, 0.6) is 5.88 Å². The smallest absolute Gasteiger partial charge is 0.414 e. The van der Waals surface area contributed by atoms with Gasteiger partial charge in [0.1, 0.15) is 5.76 Å². The molecule has 1 aliphatic carbocycles. The van der Waals surface area contributed by atoms with Crippen molar-refractivity contribution in [2.75, 3.05) is 0 Å². The van der Waals surface area contributed by atoms with Gasteiger partial charge < -0.3 is 19.0 Å². The first-order valence-corrected chi connectivity index (χ1v) is 7.33. The molecule has 0 aromatic carbocycles. The first kappa shape index (κ1) is 13.8. The summed E-state index contributed by atoms with van der Waals surface area (Å²) < 4.78 is 12.8. The Morgan fingerprint density at radius 2 is 2.19 bits per heavy atom. The molecule has 1 fully saturated rings. The molecule has 0 unspecified atom stereocenters. The molecule has 0 saturated heterocycles. The van der Waals surface area contributed by atoms with Crippen LogP contribution in [-0.2, 0) is 7.05 Å². The van der Waals surface area contributed by atoms with Crippen molar-refractivity contribution in [3.05, 3.63) is 30.2 Å². The standard InChI is InChI=1S/C16H20N2O3/c1-11-10-18(2)15(14(11)13-8-5-9-20-13)21-16(19)17-12-6-3-4-7-12/h5,8-10,12H,3-4,6-7H2,1-2H3,(H,17,19). The lowest BCUT2D eigenvalue weighted by Gasteiger charge is -2.13. The van der Waals surface area contributed by atoms with Gasteiger partial charge in [0.15, 0.2) is 0 Å². The summed E-state index contributed by atoms with van der Waals surface area (Å²) in [5.74, 6) is 1.22. The fraction of sp³-hybridized carbons (Fsp3) is 0.438. The van der Waals surface area contributed by atoms with Crippen LogP contribution in [0.3, 0.4) is 0 Å². The van der Waals surface area contributed by atoms with Crippen LogP contribution in [-0.4, -0.2) is 16.7 Å². The molecule has 3 rings (SSSR count). The predicted octanol–water partition coefficient (Wildman–Crippen LogP) is 3.62. The van der Waals surface area contributed by atoms with E-state index in [-0.39, 0.29) is 6.04 Å². The summed E-state index contributed by atoms with van der Waals surface area (Å²) in [7, 11) is 1.86. The highest BCUT2D eigenvalue weighted by atomic mass is 16.6. The van der Waals surface area contributed by atoms with Crippen LogP contribution < -0.4 is 10.1 Å². The van der Waals surface area contributed by atoms with Gasteiger partial charge in [0.2, 0.25) is 5.88 Å². The van der Waals surface area contributed by atoms with Crippen LogP contribution in [0.4, 0.5) is 4.79 Å². The number of rotatable bonds is 3. The second-order valence-electron chi connectivity index (χ2n) is 5.60. The third-order valence-corrected chi connectivity index (χ3v) is 3.95. The van der Waals surface area contributed by atoms with Gasteiger partial charge in [-0.15, -0.1) is 0 Å². The van der Waals surface area contributed by atoms with Crippen molar-refractivity contribution in [1.29, 1.82) is 0 Å². The minimum Gasteiger partial charge on any atom is -0.464 e. The zero-order chi connectivity index (χ0) is 14.8. The molecule has 2 aromatic heterocycles. The van der Waals surface area contributed by atoms with Gasteiger partial charge in [-0.25, -0.2) is 4.79 Å². The van der Waals surface area contributed by atoms with Gasteiger partial charge in [-0.1, -0.05) is 12.8 Å². The Kier molecular flexibility index (Phi) is 3.73. The van der Waals surface area contributed by atoms with E-state index in [1.165, 1.54) is 12.8 Å². The molecule has 0 radical (unpaired) electrons. The van der Waals surface area contributed by atoms with E-state index >= 15 is 0 Å². The van der Waals surface area contributed by atoms with Crippen LogP contribution in [0.2, 0.25) is 0 Å². The molecule has 5 heteroatoms. The Morgan fingerprint density at radius 1 is 1.43 bits per heavy atom. The van der Waals surface area contributed by atoms with Gasteiger partial charge in [-0.2, -0.15) is 0 Å². The summed E-state index contributed by atoms with van der Waals surface area (Å²) in [5.41, 5.74) is 1.83. The molecular formula is C16H20N2O3. The Hall–Kier alpha value is -2.17. The minimum absolute atomic E-state index is 0.242. The number of carbonyl (C=O) groups excluding carboxylic acids is 1. The van der Waals surface area contributed by atoms with Crippen LogP contribution in [0.25, 0.3) is 11.3 Å². The predicted molar refractivity (Wildman–Crippen MR) is 79.3 cm³/mol. The third-order valence-electron chi connectivity index (χ3n) is 3.95. The molecule has 0 atom stereocenters. The maximum Gasteiger partial charge on any atom is 0.414 e. The van der Waals surface area contributed by atoms with Crippen LogP contribution in [0.15, 0.2) is 29.0 Å². The van der Waals surface area contributed by atoms with Crippen LogP contribution >= 0.6 is 0 Å². The van der Waals surface area contributed by atoms with Crippen LogP contribution in [0.1, 0.15) is 31.2 Å². The number of nitrogens with one attached hydrogen (secondary N) is 1. The minimum atomic E-state index is -0.393. The second kappa shape index (κ2) is 5.68. The van der Waals surface area contributed by atoms with Gasteiger partial charge in [0, 0.05) is 19.3 Å². The first-order chi connectivity index (χ1) is 10.1. The van der Waals surface area contributed by atoms with E-state index in [0.717, 1.165) is 24.0 Å². The molecule has 5 nitrogen and oxygen atoms in total. The largest absolute Gasteiger partial charge is 0.464 e. The van der Waals surface area contributed by atoms with Crippen molar-refractivity contribution in [1.82, 2.24) is 9.88 Å². The lowest BCUT2D eigenvalue weighted by atomic mass is 10.1. The number of carbonyl (C=O) groups is 1. The van der Waals surface area contributed by atoms with Gasteiger partial charge in [0.25, 0.3) is 0 Å². The van der Waals surface area contributed by atoms with E-state index in [4.69, 9.17) is 9.15 Å². The number of amides is 1. The van der Waals surface area contributed by atoms with E-state index in [1.54, 1.807) is 10.8 Å². The Morgan fingerprint density at radius 3 is 2.86 bits per heavy atom. The quantitative estimate of drug-likeness (QED) is 0.938. The number of hydrogen-bond acceptors (Lipinski definition) is 3. The van der Waals surface area contributed by atoms with Crippen molar-refractivity contribution >= 4 is 6.09 Å². The number of aryl methyl sites for hydroxylation is 2. The average molecular weight is 288 g/mol. The zero-order valence-electron chi connectivity index (χ0n) is 12.4. The highest BCUT2D eigenvalue weighted by Gasteiger charge is 2.22. The molecule has 1 saturated carbocycles. The van der Waals surface area contributed by atoms with Crippen molar-refractivity contribution in [3.8, 4) is 17.2 Å². The number of nitrogens with zero attached hydrogens (tertiary/aromatic N) is 1. The fourth-order valence-corrected chi connectivity index (χ4v) is 2.96. The Balaban J connectivity index is 1.80. The molecule has 0 bridgehead atoms. The van der Waals surface area contributed by atoms with Crippen molar-refractivity contribution in [2.45, 2.75) is 38.6 Å². The van der Waals surface area contributed by atoms with Gasteiger partial charge in [-0.05, 0) is 37.5 Å². The number of aromatic nitrogens is 1. The molecule has 112 valence electrons. The normalized spacial score (nSPS) is 15.3. The van der Waals surface area contributed by atoms with E-state index in [9.17, 15) is 4.79 Å². The fourth-order valence-electron chi connectivity index (χ4n) is 2.96. The SMILES string of the molecule is Cc1cn(C)c(OC(=O)NC2CCCC2)c1-c1ccco1. The summed E-state index contributed by atoms with van der Waals surface area (Å²) in [4.78, 5) is 12.1. The Bertz CT molecular complexity index is 622. The van der Waals surface area contributed by atoms with Crippen molar-refractivity contribution in [3.63, 3.8) is 0 Å². The van der Waals surface area contributed by atoms with Gasteiger partial charge in [0.05, 0.1) is 11.8 Å². The second-order valence-corrected chi connectivity index (χ2v) is 5.60. The molecule has 0 aliphatic heterocycles. The molecule has 2 aromatic rings. The van der Waals surface area contributed by atoms with E-state index < -0.39 is 6.09 Å². The zero-order valence-corrected chi connectivity index (χ0v) is 12.4. The molecule has 0 spiro atoms. The van der Waals surface area contributed by atoms with E-state index in [0.29, 0.717) is 11.6 Å². The summed E-state index contributed by atoms with van der Waals surface area (Å²) in [6.07, 6.45) is 7.56. The van der Waals surface area contributed by atoms with Crippen LogP contribution in [0, 0.1) is 6.92 Å². The molecule has 21 heavy (non-hydrogen) atoms. The summed E-state index contributed by atoms with van der Waals surface area (Å²) >= 11 is 0. The molecule has 1 aliphatic rings. The Labute approximate surface area is 123 Å². The topological polar surface area (TPSA) is 56.4 Å². The molecule has 1 N–H and O–H groups in total. The monoisotopic (exact) mass is 288 g/mol. The summed E-state index contributed by atoms with van der Waals surface area (Å²) in [6, 6.07) is 3.93. The highest BCUT2D eigenvalue weighted by Crippen LogP contribution is 2.35. The number of ether oxygens (including phenoxy) is 1. The van der Waals surface area contributed by atoms with Crippen molar-refractivity contribution < 1.29 is 13.9 Å².